The standard InChI is InChI=1S/C10H15N5O3S/c1-3-18-6(16)4-12-9(17)15-5-10(15,2)7-13-14-8(11)19-7/h3-5H2,1-2H3,(H2,11,14)(H,12,17). The van der Waals surface area contributed by atoms with Crippen LogP contribution >= 0.6 is 11.3 Å². The first-order valence-corrected chi connectivity index (χ1v) is 6.59. The normalized spacial score (nSPS) is 21.1. The van der Waals surface area contributed by atoms with Gasteiger partial charge in [-0.15, -0.1) is 10.2 Å². The zero-order chi connectivity index (χ0) is 14.0. The van der Waals surface area contributed by atoms with E-state index in [1.807, 2.05) is 6.92 Å². The summed E-state index contributed by atoms with van der Waals surface area (Å²) < 4.78 is 4.72. The maximum atomic E-state index is 11.8. The third-order valence-electron chi connectivity index (χ3n) is 2.79. The molecule has 1 saturated heterocycles. The monoisotopic (exact) mass is 285 g/mol. The van der Waals surface area contributed by atoms with Gasteiger partial charge in [-0.05, 0) is 13.8 Å². The van der Waals surface area contributed by atoms with Crippen molar-refractivity contribution in [1.29, 1.82) is 0 Å². The summed E-state index contributed by atoms with van der Waals surface area (Å²) in [5.74, 6) is -0.459. The second kappa shape index (κ2) is 5.00. The van der Waals surface area contributed by atoms with E-state index < -0.39 is 11.5 Å². The van der Waals surface area contributed by atoms with Crippen molar-refractivity contribution < 1.29 is 14.3 Å². The zero-order valence-electron chi connectivity index (χ0n) is 10.7. The number of nitrogen functional groups attached to an aromatic ring is 1. The van der Waals surface area contributed by atoms with E-state index >= 15 is 0 Å². The molecule has 1 aromatic heterocycles. The highest BCUT2D eigenvalue weighted by Gasteiger charge is 2.55. The van der Waals surface area contributed by atoms with Crippen LogP contribution in [0.15, 0.2) is 0 Å². The van der Waals surface area contributed by atoms with Crippen molar-refractivity contribution in [2.45, 2.75) is 19.4 Å². The lowest BCUT2D eigenvalue weighted by Gasteiger charge is -2.10. The molecule has 0 aromatic carbocycles. The number of nitrogens with zero attached hydrogens (tertiary/aromatic N) is 3. The zero-order valence-corrected chi connectivity index (χ0v) is 11.5. The number of anilines is 1. The van der Waals surface area contributed by atoms with Crippen molar-refractivity contribution in [3.8, 4) is 0 Å². The molecule has 1 unspecified atom stereocenters. The molecular weight excluding hydrogens is 270 g/mol. The van der Waals surface area contributed by atoms with Gasteiger partial charge < -0.3 is 20.7 Å². The molecule has 9 heteroatoms. The summed E-state index contributed by atoms with van der Waals surface area (Å²) in [6.45, 7) is 4.26. The van der Waals surface area contributed by atoms with Crippen molar-refractivity contribution >= 4 is 28.5 Å². The minimum Gasteiger partial charge on any atom is -0.465 e. The summed E-state index contributed by atoms with van der Waals surface area (Å²) in [6.07, 6.45) is 0. The maximum Gasteiger partial charge on any atom is 0.325 e. The Bertz CT molecular complexity index is 505. The number of esters is 1. The fraction of sp³-hybridized carbons (Fsp3) is 0.600. The van der Waals surface area contributed by atoms with Gasteiger partial charge in [0.1, 0.15) is 17.1 Å². The molecule has 0 bridgehead atoms. The first-order valence-electron chi connectivity index (χ1n) is 5.78. The molecule has 0 spiro atoms. The van der Waals surface area contributed by atoms with Crippen LogP contribution in [0.1, 0.15) is 18.9 Å². The fourth-order valence-corrected chi connectivity index (χ4v) is 2.41. The van der Waals surface area contributed by atoms with E-state index in [9.17, 15) is 9.59 Å². The third kappa shape index (κ3) is 2.75. The Balaban J connectivity index is 1.88. The van der Waals surface area contributed by atoms with E-state index in [-0.39, 0.29) is 12.6 Å². The van der Waals surface area contributed by atoms with Crippen LogP contribution in [0.25, 0.3) is 0 Å². The van der Waals surface area contributed by atoms with Crippen LogP contribution in [0.2, 0.25) is 0 Å². The fourth-order valence-electron chi connectivity index (χ4n) is 1.66. The molecule has 1 atom stereocenters. The second-order valence-corrected chi connectivity index (χ2v) is 5.28. The molecular formula is C10H15N5O3S. The number of ether oxygens (including phenoxy) is 1. The summed E-state index contributed by atoms with van der Waals surface area (Å²) in [6, 6.07) is -0.329. The summed E-state index contributed by atoms with van der Waals surface area (Å²) in [4.78, 5) is 24.5. The van der Waals surface area contributed by atoms with E-state index in [4.69, 9.17) is 10.5 Å². The Kier molecular flexibility index (Phi) is 3.56. The SMILES string of the molecule is CCOC(=O)CNC(=O)N1CC1(C)c1nnc(N)s1. The molecule has 0 radical (unpaired) electrons. The van der Waals surface area contributed by atoms with E-state index in [1.165, 1.54) is 11.3 Å². The summed E-state index contributed by atoms with van der Waals surface area (Å²) in [5, 5.41) is 11.2. The van der Waals surface area contributed by atoms with E-state index in [1.54, 1.807) is 11.8 Å². The number of urea groups is 1. The average Bonchev–Trinajstić information content (AvgIpc) is 2.86. The number of amides is 2. The summed E-state index contributed by atoms with van der Waals surface area (Å²) in [7, 11) is 0. The first-order chi connectivity index (χ1) is 8.97. The highest BCUT2D eigenvalue weighted by molar-refractivity contribution is 7.15. The molecule has 0 aliphatic carbocycles. The lowest BCUT2D eigenvalue weighted by Crippen LogP contribution is -2.35. The van der Waals surface area contributed by atoms with Gasteiger partial charge in [-0.25, -0.2) is 4.79 Å². The second-order valence-electron chi connectivity index (χ2n) is 4.27. The van der Waals surface area contributed by atoms with Gasteiger partial charge in [0, 0.05) is 0 Å². The van der Waals surface area contributed by atoms with E-state index in [2.05, 4.69) is 15.5 Å². The molecule has 1 aromatic rings. The average molecular weight is 285 g/mol. The largest absolute Gasteiger partial charge is 0.465 e. The Morgan fingerprint density at radius 1 is 1.58 bits per heavy atom. The molecule has 1 aliphatic heterocycles. The molecule has 19 heavy (non-hydrogen) atoms. The maximum absolute atomic E-state index is 11.8. The molecule has 104 valence electrons. The van der Waals surface area contributed by atoms with Gasteiger partial charge in [0.05, 0.1) is 13.2 Å². The van der Waals surface area contributed by atoms with Crippen molar-refractivity contribution in [3.63, 3.8) is 0 Å². The Morgan fingerprint density at radius 2 is 2.32 bits per heavy atom. The van der Waals surface area contributed by atoms with Crippen LogP contribution in [0.4, 0.5) is 9.93 Å². The number of carbonyl (C=O) groups excluding carboxylic acids is 2. The minimum atomic E-state index is -0.478. The van der Waals surface area contributed by atoms with Crippen LogP contribution < -0.4 is 11.1 Å². The highest BCUT2D eigenvalue weighted by Crippen LogP contribution is 2.43. The lowest BCUT2D eigenvalue weighted by molar-refractivity contribution is -0.141. The molecule has 2 amide bonds. The number of nitrogens with two attached hydrogens (primary N) is 1. The Morgan fingerprint density at radius 3 is 2.89 bits per heavy atom. The Hall–Kier alpha value is -1.90. The Labute approximate surface area is 113 Å². The number of carbonyl (C=O) groups is 2. The molecule has 3 N–H and O–H groups in total. The van der Waals surface area contributed by atoms with Gasteiger partial charge >= 0.3 is 12.0 Å². The molecule has 8 nitrogen and oxygen atoms in total. The predicted octanol–water partition coefficient (Wildman–Crippen LogP) is -0.0762. The van der Waals surface area contributed by atoms with Crippen molar-refractivity contribution in [2.24, 2.45) is 0 Å². The first kappa shape index (κ1) is 13.5. The van der Waals surface area contributed by atoms with Crippen LogP contribution in [-0.2, 0) is 15.1 Å². The molecule has 1 aliphatic rings. The van der Waals surface area contributed by atoms with Crippen molar-refractivity contribution in [2.75, 3.05) is 25.4 Å². The highest BCUT2D eigenvalue weighted by atomic mass is 32.1. The van der Waals surface area contributed by atoms with E-state index in [0.29, 0.717) is 23.3 Å². The van der Waals surface area contributed by atoms with Gasteiger partial charge in [-0.3, -0.25) is 4.79 Å². The van der Waals surface area contributed by atoms with Crippen LogP contribution in [0, 0.1) is 0 Å². The number of aromatic nitrogens is 2. The van der Waals surface area contributed by atoms with Crippen molar-refractivity contribution in [3.05, 3.63) is 5.01 Å². The number of rotatable bonds is 4. The summed E-state index contributed by atoms with van der Waals surface area (Å²) >= 11 is 1.25. The van der Waals surface area contributed by atoms with Gasteiger partial charge in [0.2, 0.25) is 5.13 Å². The number of hydrogen-bond acceptors (Lipinski definition) is 7. The van der Waals surface area contributed by atoms with Crippen LogP contribution in [-0.4, -0.2) is 46.8 Å². The number of hydrogen-bond donors (Lipinski definition) is 2. The van der Waals surface area contributed by atoms with E-state index in [0.717, 1.165) is 0 Å². The van der Waals surface area contributed by atoms with Gasteiger partial charge in [0.15, 0.2) is 0 Å². The van der Waals surface area contributed by atoms with Gasteiger partial charge in [-0.1, -0.05) is 11.3 Å². The molecule has 0 saturated carbocycles. The van der Waals surface area contributed by atoms with Gasteiger partial charge in [0.25, 0.3) is 0 Å². The number of nitrogens with one attached hydrogen (secondary N) is 1. The predicted molar refractivity (Wildman–Crippen MR) is 68.4 cm³/mol. The molecule has 2 rings (SSSR count). The topological polar surface area (TPSA) is 110 Å². The van der Waals surface area contributed by atoms with Crippen LogP contribution in [0.3, 0.4) is 0 Å². The minimum absolute atomic E-state index is 0.141. The molecule has 1 fully saturated rings. The van der Waals surface area contributed by atoms with Crippen LogP contribution in [0.5, 0.6) is 0 Å². The smallest absolute Gasteiger partial charge is 0.325 e. The quantitative estimate of drug-likeness (QED) is 0.591. The lowest BCUT2D eigenvalue weighted by atomic mass is 10.2. The van der Waals surface area contributed by atoms with Crippen molar-refractivity contribution in [1.82, 2.24) is 20.4 Å². The molecule has 2 heterocycles. The third-order valence-corrected chi connectivity index (χ3v) is 3.80. The summed E-state index contributed by atoms with van der Waals surface area (Å²) in [5.41, 5.74) is 5.04. The van der Waals surface area contributed by atoms with Gasteiger partial charge in [-0.2, -0.15) is 0 Å².